The first-order valence-corrected chi connectivity index (χ1v) is 5.70. The van der Waals surface area contributed by atoms with Crippen LogP contribution in [-0.2, 0) is 4.79 Å². The standard InChI is InChI=1S/C12H21NO/c1-7-10-5-9(12(10,3)4)6-11(7)13-8(2)14/h7,9-11H,5-6H2,1-4H3,(H,13,14)/t7-,9-,10+,11-/m0/s1. The molecule has 14 heavy (non-hydrogen) atoms. The first kappa shape index (κ1) is 10.0. The number of nitrogens with one attached hydrogen (secondary N) is 1. The minimum absolute atomic E-state index is 0.126. The molecule has 3 rings (SSSR count). The lowest BCUT2D eigenvalue weighted by Crippen LogP contribution is -2.60. The molecule has 0 radical (unpaired) electrons. The molecule has 3 saturated carbocycles. The van der Waals surface area contributed by atoms with E-state index in [1.807, 2.05) is 0 Å². The highest BCUT2D eigenvalue weighted by atomic mass is 16.1. The Morgan fingerprint density at radius 3 is 2.43 bits per heavy atom. The van der Waals surface area contributed by atoms with Crippen molar-refractivity contribution in [1.29, 1.82) is 0 Å². The summed E-state index contributed by atoms with van der Waals surface area (Å²) in [6, 6.07) is 0.435. The molecule has 0 spiro atoms. The molecule has 0 heterocycles. The maximum Gasteiger partial charge on any atom is 0.217 e. The van der Waals surface area contributed by atoms with E-state index in [9.17, 15) is 4.79 Å². The van der Waals surface area contributed by atoms with Gasteiger partial charge in [0.15, 0.2) is 0 Å². The molecular formula is C12H21NO. The van der Waals surface area contributed by atoms with E-state index >= 15 is 0 Å². The second-order valence-electron chi connectivity index (χ2n) is 5.76. The number of fused-ring (bicyclic) bond motifs is 2. The normalized spacial score (nSPS) is 44.0. The molecule has 1 amide bonds. The quantitative estimate of drug-likeness (QED) is 0.682. The molecule has 1 N–H and O–H groups in total. The summed E-state index contributed by atoms with van der Waals surface area (Å²) in [5.74, 6) is 2.43. The Hall–Kier alpha value is -0.530. The Morgan fingerprint density at radius 2 is 2.00 bits per heavy atom. The number of carbonyl (C=O) groups is 1. The van der Waals surface area contributed by atoms with Crippen molar-refractivity contribution in [1.82, 2.24) is 5.32 Å². The topological polar surface area (TPSA) is 29.1 Å². The lowest BCUT2D eigenvalue weighted by Gasteiger charge is -2.62. The van der Waals surface area contributed by atoms with Gasteiger partial charge in [-0.25, -0.2) is 0 Å². The summed E-state index contributed by atoms with van der Waals surface area (Å²) in [6.45, 7) is 8.68. The molecule has 2 bridgehead atoms. The summed E-state index contributed by atoms with van der Waals surface area (Å²) in [7, 11) is 0. The van der Waals surface area contributed by atoms with Crippen molar-refractivity contribution < 1.29 is 4.79 Å². The lowest BCUT2D eigenvalue weighted by atomic mass is 9.45. The van der Waals surface area contributed by atoms with E-state index in [4.69, 9.17) is 0 Å². The maximum absolute atomic E-state index is 11.0. The molecule has 2 nitrogen and oxygen atoms in total. The minimum atomic E-state index is 0.126. The van der Waals surface area contributed by atoms with E-state index in [1.54, 1.807) is 6.92 Å². The van der Waals surface area contributed by atoms with Crippen LogP contribution in [0.5, 0.6) is 0 Å². The number of hydrogen-bond acceptors (Lipinski definition) is 1. The van der Waals surface area contributed by atoms with Crippen molar-refractivity contribution in [3.05, 3.63) is 0 Å². The summed E-state index contributed by atoms with van der Waals surface area (Å²) in [5.41, 5.74) is 0.522. The van der Waals surface area contributed by atoms with Crippen LogP contribution in [0.25, 0.3) is 0 Å². The summed E-state index contributed by atoms with van der Waals surface area (Å²) in [4.78, 5) is 11.0. The molecule has 0 aromatic heterocycles. The molecule has 3 aliphatic carbocycles. The Kier molecular flexibility index (Phi) is 2.13. The average Bonchev–Trinajstić information content (AvgIpc) is 2.06. The lowest BCUT2D eigenvalue weighted by molar-refractivity contribution is -0.132. The van der Waals surface area contributed by atoms with Gasteiger partial charge in [-0.05, 0) is 36.0 Å². The van der Waals surface area contributed by atoms with Crippen LogP contribution in [0.15, 0.2) is 0 Å². The zero-order valence-electron chi connectivity index (χ0n) is 9.63. The van der Waals surface area contributed by atoms with Crippen LogP contribution in [0.3, 0.4) is 0 Å². The van der Waals surface area contributed by atoms with Gasteiger partial charge in [0.1, 0.15) is 0 Å². The minimum Gasteiger partial charge on any atom is -0.353 e. The van der Waals surface area contributed by atoms with Gasteiger partial charge < -0.3 is 5.32 Å². The van der Waals surface area contributed by atoms with Crippen LogP contribution in [0.4, 0.5) is 0 Å². The second-order valence-corrected chi connectivity index (χ2v) is 5.76. The Labute approximate surface area is 86.5 Å². The van der Waals surface area contributed by atoms with Crippen LogP contribution in [0.1, 0.15) is 40.5 Å². The monoisotopic (exact) mass is 195 g/mol. The van der Waals surface area contributed by atoms with Crippen molar-refractivity contribution in [3.8, 4) is 0 Å². The Morgan fingerprint density at radius 1 is 1.36 bits per heavy atom. The average molecular weight is 195 g/mol. The van der Waals surface area contributed by atoms with Crippen LogP contribution in [0, 0.1) is 23.2 Å². The van der Waals surface area contributed by atoms with Crippen LogP contribution >= 0.6 is 0 Å². The van der Waals surface area contributed by atoms with Crippen LogP contribution in [0.2, 0.25) is 0 Å². The fraction of sp³-hybridized carbons (Fsp3) is 0.917. The van der Waals surface area contributed by atoms with Gasteiger partial charge in [0.05, 0.1) is 0 Å². The van der Waals surface area contributed by atoms with Gasteiger partial charge in [-0.15, -0.1) is 0 Å². The third kappa shape index (κ3) is 1.27. The third-order valence-corrected chi connectivity index (χ3v) is 4.74. The van der Waals surface area contributed by atoms with Gasteiger partial charge in [-0.1, -0.05) is 20.8 Å². The van der Waals surface area contributed by atoms with Crippen molar-refractivity contribution in [3.63, 3.8) is 0 Å². The molecule has 0 unspecified atom stereocenters. The molecule has 3 aliphatic rings. The number of rotatable bonds is 1. The predicted molar refractivity (Wildman–Crippen MR) is 56.8 cm³/mol. The number of amides is 1. The molecule has 80 valence electrons. The van der Waals surface area contributed by atoms with Crippen molar-refractivity contribution in [2.75, 3.05) is 0 Å². The van der Waals surface area contributed by atoms with Gasteiger partial charge in [-0.3, -0.25) is 4.79 Å². The molecule has 4 atom stereocenters. The highest BCUT2D eigenvalue weighted by Crippen LogP contribution is 2.61. The third-order valence-electron chi connectivity index (χ3n) is 4.74. The molecule has 3 fully saturated rings. The van der Waals surface area contributed by atoms with E-state index in [-0.39, 0.29) is 5.91 Å². The molecule has 0 aromatic carbocycles. The molecule has 0 aromatic rings. The Bertz CT molecular complexity index is 259. The van der Waals surface area contributed by atoms with Gasteiger partial charge in [0.2, 0.25) is 5.91 Å². The summed E-state index contributed by atoms with van der Waals surface area (Å²) >= 11 is 0. The van der Waals surface area contributed by atoms with Crippen molar-refractivity contribution in [2.45, 2.75) is 46.6 Å². The van der Waals surface area contributed by atoms with Gasteiger partial charge in [0.25, 0.3) is 0 Å². The molecule has 0 saturated heterocycles. The van der Waals surface area contributed by atoms with Crippen LogP contribution in [-0.4, -0.2) is 11.9 Å². The van der Waals surface area contributed by atoms with Gasteiger partial charge >= 0.3 is 0 Å². The van der Waals surface area contributed by atoms with Crippen molar-refractivity contribution >= 4 is 5.91 Å². The Balaban J connectivity index is 2.04. The van der Waals surface area contributed by atoms with E-state index < -0.39 is 0 Å². The molecular weight excluding hydrogens is 174 g/mol. The molecule has 0 aliphatic heterocycles. The highest BCUT2D eigenvalue weighted by Gasteiger charge is 2.56. The maximum atomic E-state index is 11.0. The predicted octanol–water partition coefficient (Wildman–Crippen LogP) is 2.19. The number of hydrogen-bond donors (Lipinski definition) is 1. The SMILES string of the molecule is CC(=O)N[C@H]1C[C@@H]2C[C@H]([C@@H]1C)C2(C)C. The smallest absolute Gasteiger partial charge is 0.217 e. The van der Waals surface area contributed by atoms with E-state index in [1.165, 1.54) is 12.8 Å². The highest BCUT2D eigenvalue weighted by molar-refractivity contribution is 5.73. The first-order valence-electron chi connectivity index (χ1n) is 5.70. The van der Waals surface area contributed by atoms with Gasteiger partial charge in [-0.2, -0.15) is 0 Å². The van der Waals surface area contributed by atoms with Crippen LogP contribution < -0.4 is 5.32 Å². The summed E-state index contributed by atoms with van der Waals surface area (Å²) in [6.07, 6.45) is 2.56. The summed E-state index contributed by atoms with van der Waals surface area (Å²) < 4.78 is 0. The zero-order chi connectivity index (χ0) is 10.5. The largest absolute Gasteiger partial charge is 0.353 e. The molecule has 2 heteroatoms. The fourth-order valence-corrected chi connectivity index (χ4v) is 3.60. The van der Waals surface area contributed by atoms with E-state index in [2.05, 4.69) is 26.1 Å². The van der Waals surface area contributed by atoms with E-state index in [0.717, 1.165) is 11.8 Å². The van der Waals surface area contributed by atoms with E-state index in [0.29, 0.717) is 17.4 Å². The van der Waals surface area contributed by atoms with Gasteiger partial charge in [0, 0.05) is 13.0 Å². The summed E-state index contributed by atoms with van der Waals surface area (Å²) in [5, 5.41) is 3.09. The fourth-order valence-electron chi connectivity index (χ4n) is 3.60. The zero-order valence-corrected chi connectivity index (χ0v) is 9.63. The van der Waals surface area contributed by atoms with Crippen molar-refractivity contribution in [2.24, 2.45) is 23.2 Å². The second kappa shape index (κ2) is 2.98. The first-order chi connectivity index (χ1) is 6.43. The number of carbonyl (C=O) groups excluding carboxylic acids is 1.